The summed E-state index contributed by atoms with van der Waals surface area (Å²) in [5, 5.41) is 0. The maximum atomic E-state index is 11.6. The number of nitrogens with zero attached hydrogens (tertiary/aromatic N) is 3. The number of hydrogen-bond acceptors (Lipinski definition) is 4. The van der Waals surface area contributed by atoms with Gasteiger partial charge in [-0.1, -0.05) is 13.5 Å². The van der Waals surface area contributed by atoms with Crippen molar-refractivity contribution in [2.24, 2.45) is 0 Å². The molecule has 0 bridgehead atoms. The van der Waals surface area contributed by atoms with Gasteiger partial charge in [-0.15, -0.1) is 0 Å². The molecular weight excluding hydrogens is 280 g/mol. The topological polar surface area (TPSA) is 71.1 Å². The van der Waals surface area contributed by atoms with Gasteiger partial charge in [0.2, 0.25) is 11.8 Å². The molecule has 1 amide bonds. The number of nitrogens with one attached hydrogen (secondary N) is 1. The smallest absolute Gasteiger partial charge is 0.245 e. The number of carbonyl (C=O) groups is 1. The first-order chi connectivity index (χ1) is 10.7. The third-order valence-corrected chi connectivity index (χ3v) is 4.03. The van der Waals surface area contributed by atoms with Gasteiger partial charge in [-0.3, -0.25) is 4.79 Å². The van der Waals surface area contributed by atoms with Gasteiger partial charge in [0, 0.05) is 32.1 Å². The standard InChI is InChI=1S/C16H20N4O2/c1-3-11-9-17-16-15(11)19-13(10-18-16)22-12-5-7-20(8-6-12)14(21)4-2/h4,9-10,12H,2-3,5-8H2,1H3,(H,17,18). The lowest BCUT2D eigenvalue weighted by atomic mass is 10.1. The molecule has 116 valence electrons. The predicted octanol–water partition coefficient (Wildman–Crippen LogP) is 2.08. The van der Waals surface area contributed by atoms with Gasteiger partial charge in [-0.2, -0.15) is 0 Å². The molecule has 1 saturated heterocycles. The lowest BCUT2D eigenvalue weighted by Gasteiger charge is -2.31. The number of fused-ring (bicyclic) bond motifs is 1. The van der Waals surface area contributed by atoms with Gasteiger partial charge < -0.3 is 14.6 Å². The van der Waals surface area contributed by atoms with E-state index in [0.717, 1.165) is 36.0 Å². The quantitative estimate of drug-likeness (QED) is 0.878. The van der Waals surface area contributed by atoms with E-state index in [1.807, 2.05) is 6.20 Å². The van der Waals surface area contributed by atoms with Crippen LogP contribution in [0.15, 0.2) is 25.0 Å². The van der Waals surface area contributed by atoms with E-state index >= 15 is 0 Å². The van der Waals surface area contributed by atoms with Crippen LogP contribution in [0.25, 0.3) is 11.2 Å². The number of hydrogen-bond donors (Lipinski definition) is 1. The van der Waals surface area contributed by atoms with Crippen molar-refractivity contribution in [1.82, 2.24) is 19.9 Å². The minimum Gasteiger partial charge on any atom is -0.473 e. The van der Waals surface area contributed by atoms with Crippen LogP contribution in [0.2, 0.25) is 0 Å². The summed E-state index contributed by atoms with van der Waals surface area (Å²) in [6, 6.07) is 0. The number of ether oxygens (including phenoxy) is 1. The first-order valence-electron chi connectivity index (χ1n) is 7.62. The van der Waals surface area contributed by atoms with Gasteiger partial charge in [0.25, 0.3) is 0 Å². The fraction of sp³-hybridized carbons (Fsp3) is 0.438. The molecule has 0 atom stereocenters. The van der Waals surface area contributed by atoms with E-state index in [4.69, 9.17) is 4.74 Å². The Hall–Kier alpha value is -2.37. The molecule has 0 aliphatic carbocycles. The zero-order valence-corrected chi connectivity index (χ0v) is 12.7. The van der Waals surface area contributed by atoms with Crippen molar-refractivity contribution in [3.05, 3.63) is 30.6 Å². The normalized spacial score (nSPS) is 16.0. The minimum atomic E-state index is -0.0143. The summed E-state index contributed by atoms with van der Waals surface area (Å²) in [4.78, 5) is 25.4. The number of rotatable bonds is 4. The Balaban J connectivity index is 1.66. The molecule has 3 heterocycles. The molecule has 0 aromatic carbocycles. The average molecular weight is 300 g/mol. The van der Waals surface area contributed by atoms with E-state index in [0.29, 0.717) is 19.0 Å². The summed E-state index contributed by atoms with van der Waals surface area (Å²) in [6.45, 7) is 6.99. The third kappa shape index (κ3) is 2.81. The monoisotopic (exact) mass is 300 g/mol. The number of aryl methyl sites for hydroxylation is 1. The molecule has 1 aliphatic heterocycles. The van der Waals surface area contributed by atoms with E-state index in [1.165, 1.54) is 6.08 Å². The number of likely N-dealkylation sites (tertiary alicyclic amines) is 1. The molecule has 6 heteroatoms. The molecule has 22 heavy (non-hydrogen) atoms. The van der Waals surface area contributed by atoms with Crippen LogP contribution in [0.3, 0.4) is 0 Å². The third-order valence-electron chi connectivity index (χ3n) is 4.03. The van der Waals surface area contributed by atoms with Crippen molar-refractivity contribution in [3.8, 4) is 5.88 Å². The average Bonchev–Trinajstić information content (AvgIpc) is 2.97. The number of aromatic amines is 1. The predicted molar refractivity (Wildman–Crippen MR) is 83.7 cm³/mol. The van der Waals surface area contributed by atoms with Crippen LogP contribution in [0.5, 0.6) is 5.88 Å². The Morgan fingerprint density at radius 2 is 2.32 bits per heavy atom. The van der Waals surface area contributed by atoms with Crippen molar-refractivity contribution in [1.29, 1.82) is 0 Å². The second-order valence-electron chi connectivity index (χ2n) is 5.42. The SMILES string of the molecule is C=CC(=O)N1CCC(Oc2cnc3[nH]cc(CC)c3n2)CC1. The molecule has 0 unspecified atom stereocenters. The Morgan fingerprint density at radius 1 is 1.55 bits per heavy atom. The molecule has 2 aromatic rings. The molecule has 0 saturated carbocycles. The molecule has 2 aromatic heterocycles. The van der Waals surface area contributed by atoms with Gasteiger partial charge in [-0.25, -0.2) is 9.97 Å². The Labute approximate surface area is 129 Å². The second kappa shape index (κ2) is 6.17. The molecule has 1 aliphatic rings. The zero-order valence-electron chi connectivity index (χ0n) is 12.7. The summed E-state index contributed by atoms with van der Waals surface area (Å²) >= 11 is 0. The highest BCUT2D eigenvalue weighted by molar-refractivity contribution is 5.87. The maximum Gasteiger partial charge on any atom is 0.245 e. The van der Waals surface area contributed by atoms with Crippen LogP contribution in [0.4, 0.5) is 0 Å². The zero-order chi connectivity index (χ0) is 15.5. The fourth-order valence-electron chi connectivity index (χ4n) is 2.75. The summed E-state index contributed by atoms with van der Waals surface area (Å²) in [5.74, 6) is 0.537. The van der Waals surface area contributed by atoms with E-state index < -0.39 is 0 Å². The lowest BCUT2D eigenvalue weighted by molar-refractivity contribution is -0.127. The molecule has 1 N–H and O–H groups in total. The van der Waals surface area contributed by atoms with E-state index in [-0.39, 0.29) is 12.0 Å². The van der Waals surface area contributed by atoms with Crippen molar-refractivity contribution in [2.45, 2.75) is 32.3 Å². The fourth-order valence-corrected chi connectivity index (χ4v) is 2.75. The maximum absolute atomic E-state index is 11.6. The number of carbonyl (C=O) groups excluding carboxylic acids is 1. The van der Waals surface area contributed by atoms with Crippen molar-refractivity contribution in [3.63, 3.8) is 0 Å². The van der Waals surface area contributed by atoms with Gasteiger partial charge in [-0.05, 0) is 18.1 Å². The molecular formula is C16H20N4O2. The molecule has 1 fully saturated rings. The number of amides is 1. The van der Waals surface area contributed by atoms with E-state index in [2.05, 4.69) is 28.5 Å². The molecule has 0 radical (unpaired) electrons. The Morgan fingerprint density at radius 3 is 3.00 bits per heavy atom. The summed E-state index contributed by atoms with van der Waals surface area (Å²) < 4.78 is 5.94. The second-order valence-corrected chi connectivity index (χ2v) is 5.42. The van der Waals surface area contributed by atoms with Crippen molar-refractivity contribution >= 4 is 17.1 Å². The van der Waals surface area contributed by atoms with Crippen LogP contribution in [-0.4, -0.2) is 45.0 Å². The highest BCUT2D eigenvalue weighted by Gasteiger charge is 2.23. The van der Waals surface area contributed by atoms with Gasteiger partial charge >= 0.3 is 0 Å². The van der Waals surface area contributed by atoms with Crippen molar-refractivity contribution in [2.75, 3.05) is 13.1 Å². The lowest BCUT2D eigenvalue weighted by Crippen LogP contribution is -2.41. The van der Waals surface area contributed by atoms with Crippen LogP contribution >= 0.6 is 0 Å². The molecule has 0 spiro atoms. The highest BCUT2D eigenvalue weighted by atomic mass is 16.5. The van der Waals surface area contributed by atoms with Crippen molar-refractivity contribution < 1.29 is 9.53 Å². The highest BCUT2D eigenvalue weighted by Crippen LogP contribution is 2.21. The van der Waals surface area contributed by atoms with Crippen LogP contribution < -0.4 is 4.74 Å². The van der Waals surface area contributed by atoms with Crippen LogP contribution in [0.1, 0.15) is 25.3 Å². The van der Waals surface area contributed by atoms with Crippen LogP contribution in [-0.2, 0) is 11.2 Å². The Kier molecular flexibility index (Phi) is 4.09. The first kappa shape index (κ1) is 14.6. The van der Waals surface area contributed by atoms with Crippen LogP contribution in [0, 0.1) is 0 Å². The minimum absolute atomic E-state index is 0.0143. The first-order valence-corrected chi connectivity index (χ1v) is 7.62. The number of H-pyrrole nitrogens is 1. The Bertz CT molecular complexity index is 687. The largest absolute Gasteiger partial charge is 0.473 e. The van der Waals surface area contributed by atoms with Gasteiger partial charge in [0.1, 0.15) is 11.6 Å². The van der Waals surface area contributed by atoms with Gasteiger partial charge in [0.05, 0.1) is 6.20 Å². The summed E-state index contributed by atoms with van der Waals surface area (Å²) in [7, 11) is 0. The number of aromatic nitrogens is 3. The summed E-state index contributed by atoms with van der Waals surface area (Å²) in [5.41, 5.74) is 2.80. The number of piperidine rings is 1. The van der Waals surface area contributed by atoms with Gasteiger partial charge in [0.15, 0.2) is 5.65 Å². The molecule has 6 nitrogen and oxygen atoms in total. The molecule has 3 rings (SSSR count). The summed E-state index contributed by atoms with van der Waals surface area (Å²) in [6.07, 6.45) is 7.52. The van der Waals surface area contributed by atoms with E-state index in [1.54, 1.807) is 11.1 Å². The van der Waals surface area contributed by atoms with E-state index in [9.17, 15) is 4.79 Å².